The molecule has 0 unspecified atom stereocenters. The lowest BCUT2D eigenvalue weighted by Crippen LogP contribution is -2.02. The first-order valence-electron chi connectivity index (χ1n) is 11.2. The SMILES string of the molecule is Cc1ccc(-c2c(/C=C/C(=O)c3ccccc3)c3ccccc3n2Cc2ccccc2)cc1. The number of rotatable bonds is 6. The number of carbonyl (C=O) groups excluding carboxylic acids is 1. The minimum Gasteiger partial charge on any atom is -0.335 e. The highest BCUT2D eigenvalue weighted by molar-refractivity contribution is 6.09. The van der Waals surface area contributed by atoms with Crippen molar-refractivity contribution < 1.29 is 4.79 Å². The summed E-state index contributed by atoms with van der Waals surface area (Å²) in [5.41, 5.74) is 7.64. The second-order valence-corrected chi connectivity index (χ2v) is 8.28. The molecule has 160 valence electrons. The van der Waals surface area contributed by atoms with Crippen molar-refractivity contribution >= 4 is 22.8 Å². The second-order valence-electron chi connectivity index (χ2n) is 8.28. The molecule has 33 heavy (non-hydrogen) atoms. The number of nitrogens with zero attached hydrogens (tertiary/aromatic N) is 1. The molecule has 0 bridgehead atoms. The molecule has 1 heterocycles. The highest BCUT2D eigenvalue weighted by atomic mass is 16.1. The number of allylic oxidation sites excluding steroid dienone is 1. The summed E-state index contributed by atoms with van der Waals surface area (Å²) in [7, 11) is 0. The number of ketones is 1. The van der Waals surface area contributed by atoms with Crippen LogP contribution in [-0.2, 0) is 6.54 Å². The van der Waals surface area contributed by atoms with Crippen LogP contribution in [0.15, 0.2) is 115 Å². The Morgan fingerprint density at radius 2 is 1.39 bits per heavy atom. The lowest BCUT2D eigenvalue weighted by Gasteiger charge is -2.13. The summed E-state index contributed by atoms with van der Waals surface area (Å²) in [6.45, 7) is 2.85. The summed E-state index contributed by atoms with van der Waals surface area (Å²) in [6, 6.07) is 37.0. The summed E-state index contributed by atoms with van der Waals surface area (Å²) in [5, 5.41) is 1.14. The molecule has 0 spiro atoms. The topological polar surface area (TPSA) is 22.0 Å². The third-order valence-electron chi connectivity index (χ3n) is 5.98. The number of aromatic nitrogens is 1. The number of aryl methyl sites for hydroxylation is 1. The highest BCUT2D eigenvalue weighted by Crippen LogP contribution is 2.36. The Bertz CT molecular complexity index is 1430. The minimum absolute atomic E-state index is 0.00495. The van der Waals surface area contributed by atoms with Crippen LogP contribution in [0.3, 0.4) is 0 Å². The van der Waals surface area contributed by atoms with Gasteiger partial charge >= 0.3 is 0 Å². The van der Waals surface area contributed by atoms with Gasteiger partial charge in [0.2, 0.25) is 0 Å². The zero-order chi connectivity index (χ0) is 22.6. The van der Waals surface area contributed by atoms with E-state index in [-0.39, 0.29) is 5.78 Å². The van der Waals surface area contributed by atoms with Crippen molar-refractivity contribution in [2.24, 2.45) is 0 Å². The average molecular weight is 428 g/mol. The molecule has 0 amide bonds. The molecule has 1 aromatic heterocycles. The second kappa shape index (κ2) is 9.13. The number of carbonyl (C=O) groups is 1. The third-order valence-corrected chi connectivity index (χ3v) is 5.98. The molecule has 2 heteroatoms. The van der Waals surface area contributed by atoms with Crippen LogP contribution in [0.2, 0.25) is 0 Å². The van der Waals surface area contributed by atoms with Gasteiger partial charge < -0.3 is 4.57 Å². The van der Waals surface area contributed by atoms with E-state index in [0.29, 0.717) is 5.56 Å². The predicted molar refractivity (Wildman–Crippen MR) is 137 cm³/mol. The van der Waals surface area contributed by atoms with E-state index in [2.05, 4.69) is 84.3 Å². The van der Waals surface area contributed by atoms with Crippen molar-refractivity contribution in [3.05, 3.63) is 138 Å². The lowest BCUT2D eigenvalue weighted by molar-refractivity contribution is 0.104. The van der Waals surface area contributed by atoms with E-state index < -0.39 is 0 Å². The number of hydrogen-bond donors (Lipinski definition) is 0. The first kappa shape index (κ1) is 20.7. The first-order chi connectivity index (χ1) is 16.2. The monoisotopic (exact) mass is 427 g/mol. The van der Waals surface area contributed by atoms with Gasteiger partial charge in [-0.1, -0.05) is 109 Å². The van der Waals surface area contributed by atoms with Gasteiger partial charge in [-0.3, -0.25) is 4.79 Å². The van der Waals surface area contributed by atoms with E-state index in [1.54, 1.807) is 6.08 Å². The van der Waals surface area contributed by atoms with Crippen molar-refractivity contribution in [2.75, 3.05) is 0 Å². The Hall–Kier alpha value is -4.17. The molecular formula is C31H25NO. The predicted octanol–water partition coefficient (Wildman–Crippen LogP) is 7.56. The van der Waals surface area contributed by atoms with E-state index in [9.17, 15) is 4.79 Å². The Labute approximate surface area is 194 Å². The van der Waals surface area contributed by atoms with Gasteiger partial charge in [-0.05, 0) is 36.3 Å². The van der Waals surface area contributed by atoms with Crippen molar-refractivity contribution in [3.8, 4) is 11.3 Å². The summed E-state index contributed by atoms with van der Waals surface area (Å²) >= 11 is 0. The molecule has 0 aliphatic rings. The van der Waals surface area contributed by atoms with Gasteiger partial charge in [0.05, 0.1) is 5.69 Å². The molecule has 2 nitrogen and oxygen atoms in total. The van der Waals surface area contributed by atoms with Gasteiger partial charge in [0.15, 0.2) is 5.78 Å². The smallest absolute Gasteiger partial charge is 0.185 e. The van der Waals surface area contributed by atoms with E-state index >= 15 is 0 Å². The number of hydrogen-bond acceptors (Lipinski definition) is 1. The van der Waals surface area contributed by atoms with Gasteiger partial charge in [-0.15, -0.1) is 0 Å². The normalized spacial score (nSPS) is 11.3. The lowest BCUT2D eigenvalue weighted by atomic mass is 10.0. The van der Waals surface area contributed by atoms with E-state index in [1.807, 2.05) is 42.5 Å². The molecule has 0 fully saturated rings. The molecule has 4 aromatic carbocycles. The van der Waals surface area contributed by atoms with Crippen LogP contribution in [0.5, 0.6) is 0 Å². The molecule has 0 aliphatic heterocycles. The van der Waals surface area contributed by atoms with Crippen molar-refractivity contribution in [1.29, 1.82) is 0 Å². The third kappa shape index (κ3) is 4.28. The van der Waals surface area contributed by atoms with Gasteiger partial charge in [-0.25, -0.2) is 0 Å². The maximum atomic E-state index is 12.9. The molecule has 5 aromatic rings. The zero-order valence-electron chi connectivity index (χ0n) is 18.6. The van der Waals surface area contributed by atoms with Gasteiger partial charge in [-0.2, -0.15) is 0 Å². The van der Waals surface area contributed by atoms with Crippen LogP contribution in [0.25, 0.3) is 28.2 Å². The molecule has 0 N–H and O–H groups in total. The molecule has 5 rings (SSSR count). The molecule has 0 aliphatic carbocycles. The molecule has 0 atom stereocenters. The fraction of sp³-hybridized carbons (Fsp3) is 0.0645. The summed E-state index contributed by atoms with van der Waals surface area (Å²) < 4.78 is 2.36. The zero-order valence-corrected chi connectivity index (χ0v) is 18.6. The van der Waals surface area contributed by atoms with E-state index in [0.717, 1.165) is 34.3 Å². The Balaban J connectivity index is 1.70. The van der Waals surface area contributed by atoms with Crippen LogP contribution in [0, 0.1) is 6.92 Å². The van der Waals surface area contributed by atoms with Crippen molar-refractivity contribution in [1.82, 2.24) is 4.57 Å². The maximum Gasteiger partial charge on any atom is 0.185 e. The van der Waals surface area contributed by atoms with Crippen LogP contribution in [-0.4, -0.2) is 10.4 Å². The van der Waals surface area contributed by atoms with Crippen LogP contribution in [0.4, 0.5) is 0 Å². The van der Waals surface area contributed by atoms with Crippen LogP contribution < -0.4 is 0 Å². The van der Waals surface area contributed by atoms with Crippen molar-refractivity contribution in [3.63, 3.8) is 0 Å². The minimum atomic E-state index is 0.00495. The number of para-hydroxylation sites is 1. The van der Waals surface area contributed by atoms with E-state index in [1.165, 1.54) is 11.1 Å². The number of fused-ring (bicyclic) bond motifs is 1. The molecule has 0 saturated heterocycles. The van der Waals surface area contributed by atoms with Crippen LogP contribution >= 0.6 is 0 Å². The van der Waals surface area contributed by atoms with Crippen LogP contribution in [0.1, 0.15) is 27.0 Å². The van der Waals surface area contributed by atoms with Gasteiger partial charge in [0, 0.05) is 28.6 Å². The Kier molecular flexibility index (Phi) is 5.73. The average Bonchev–Trinajstić information content (AvgIpc) is 3.17. The quantitative estimate of drug-likeness (QED) is 0.202. The largest absolute Gasteiger partial charge is 0.335 e. The molecule has 0 saturated carbocycles. The standard InChI is InChI=1S/C31H25NO/c1-23-16-18-26(19-17-23)31-28(20-21-30(33)25-12-6-3-7-13-25)27-14-8-9-15-29(27)32(31)22-24-10-4-2-5-11-24/h2-21H,22H2,1H3/b21-20+. The Morgan fingerprint density at radius 1 is 0.758 bits per heavy atom. The Morgan fingerprint density at radius 3 is 2.12 bits per heavy atom. The summed E-state index contributed by atoms with van der Waals surface area (Å²) in [4.78, 5) is 12.9. The first-order valence-corrected chi connectivity index (χ1v) is 11.2. The number of benzene rings is 4. The fourth-order valence-electron chi connectivity index (χ4n) is 4.31. The van der Waals surface area contributed by atoms with Gasteiger partial charge in [0.1, 0.15) is 0 Å². The highest BCUT2D eigenvalue weighted by Gasteiger charge is 2.17. The fourth-order valence-corrected chi connectivity index (χ4v) is 4.31. The van der Waals surface area contributed by atoms with Gasteiger partial charge in [0.25, 0.3) is 0 Å². The molecule has 0 radical (unpaired) electrons. The summed E-state index contributed by atoms with van der Waals surface area (Å²) in [5.74, 6) is 0.00495. The maximum absolute atomic E-state index is 12.9. The van der Waals surface area contributed by atoms with Crippen molar-refractivity contribution in [2.45, 2.75) is 13.5 Å². The summed E-state index contributed by atoms with van der Waals surface area (Å²) in [6.07, 6.45) is 3.68. The van der Waals surface area contributed by atoms with E-state index in [4.69, 9.17) is 0 Å². The molecular weight excluding hydrogens is 402 g/mol.